The maximum Gasteiger partial charge on any atom is 0.181 e. The molecule has 21 heavy (non-hydrogen) atoms. The van der Waals surface area contributed by atoms with Crippen LogP contribution in [0.4, 0.5) is 0 Å². The van der Waals surface area contributed by atoms with E-state index in [1.165, 1.54) is 19.3 Å². The quantitative estimate of drug-likeness (QED) is 0.618. The fourth-order valence-corrected chi connectivity index (χ4v) is 7.87. The van der Waals surface area contributed by atoms with Crippen molar-refractivity contribution >= 4 is 9.84 Å². The van der Waals surface area contributed by atoms with Crippen LogP contribution in [0.1, 0.15) is 32.1 Å². The van der Waals surface area contributed by atoms with Crippen molar-refractivity contribution in [2.45, 2.75) is 42.2 Å². The summed E-state index contributed by atoms with van der Waals surface area (Å²) in [6, 6.07) is 9.08. The third-order valence-electron chi connectivity index (χ3n) is 6.46. The molecular weight excluding hydrogens is 280 g/mol. The predicted molar refractivity (Wildman–Crippen MR) is 81.5 cm³/mol. The molecule has 1 aromatic carbocycles. The summed E-state index contributed by atoms with van der Waals surface area (Å²) in [6.45, 7) is 0. The lowest BCUT2D eigenvalue weighted by Crippen LogP contribution is -2.30. The summed E-state index contributed by atoms with van der Waals surface area (Å²) in [6.07, 6.45) is 6.00. The zero-order valence-electron chi connectivity index (χ0n) is 12.0. The molecule has 0 saturated heterocycles. The topological polar surface area (TPSA) is 34.1 Å². The molecule has 4 aliphatic rings. The van der Waals surface area contributed by atoms with Gasteiger partial charge in [-0.15, -0.1) is 0 Å². The summed E-state index contributed by atoms with van der Waals surface area (Å²) in [7, 11) is -3.16. The highest BCUT2D eigenvalue weighted by Gasteiger charge is 2.57. The van der Waals surface area contributed by atoms with E-state index in [9.17, 15) is 8.42 Å². The van der Waals surface area contributed by atoms with E-state index in [-0.39, 0.29) is 5.25 Å². The van der Waals surface area contributed by atoms with Crippen molar-refractivity contribution in [3.8, 4) is 0 Å². The molecule has 5 rings (SSSR count). The normalized spacial score (nSPS) is 40.1. The van der Waals surface area contributed by atoms with E-state index < -0.39 is 9.84 Å². The van der Waals surface area contributed by atoms with Crippen LogP contribution in [0.5, 0.6) is 0 Å². The Morgan fingerprint density at radius 2 is 1.52 bits per heavy atom. The minimum absolute atomic E-state index is 0.150. The Morgan fingerprint density at radius 3 is 2.29 bits per heavy atom. The Labute approximate surface area is 126 Å². The smallest absolute Gasteiger partial charge is 0.181 e. The van der Waals surface area contributed by atoms with E-state index in [2.05, 4.69) is 0 Å². The number of rotatable bonds is 2. The van der Waals surface area contributed by atoms with Crippen molar-refractivity contribution in [3.05, 3.63) is 41.5 Å². The third kappa shape index (κ3) is 1.51. The van der Waals surface area contributed by atoms with Crippen molar-refractivity contribution in [1.29, 1.82) is 0 Å². The van der Waals surface area contributed by atoms with Crippen LogP contribution < -0.4 is 0 Å². The van der Waals surface area contributed by atoms with E-state index in [4.69, 9.17) is 0 Å². The summed E-state index contributed by atoms with van der Waals surface area (Å²) in [4.78, 5) is 0.521. The first-order valence-electron chi connectivity index (χ1n) is 8.19. The van der Waals surface area contributed by atoms with Crippen LogP contribution in [0.25, 0.3) is 0 Å². The molecule has 0 spiro atoms. The second-order valence-corrected chi connectivity index (χ2v) is 9.46. The zero-order valence-corrected chi connectivity index (χ0v) is 12.9. The summed E-state index contributed by atoms with van der Waals surface area (Å²) >= 11 is 0. The Kier molecular flexibility index (Phi) is 2.38. The average molecular weight is 300 g/mol. The van der Waals surface area contributed by atoms with Gasteiger partial charge >= 0.3 is 0 Å². The van der Waals surface area contributed by atoms with Crippen LogP contribution in [0.2, 0.25) is 0 Å². The summed E-state index contributed by atoms with van der Waals surface area (Å²) in [5.74, 6) is 2.48. The Hall–Kier alpha value is -1.09. The molecule has 0 N–H and O–H groups in total. The molecule has 110 valence electrons. The van der Waals surface area contributed by atoms with Crippen molar-refractivity contribution < 1.29 is 8.42 Å². The highest BCUT2D eigenvalue weighted by Crippen LogP contribution is 2.64. The van der Waals surface area contributed by atoms with E-state index in [1.54, 1.807) is 23.3 Å². The van der Waals surface area contributed by atoms with Crippen molar-refractivity contribution in [2.75, 3.05) is 0 Å². The highest BCUT2D eigenvalue weighted by atomic mass is 32.2. The van der Waals surface area contributed by atoms with Gasteiger partial charge in [0.2, 0.25) is 0 Å². The monoisotopic (exact) mass is 300 g/mol. The van der Waals surface area contributed by atoms with Crippen LogP contribution >= 0.6 is 0 Å². The predicted octanol–water partition coefficient (Wildman–Crippen LogP) is 3.60. The van der Waals surface area contributed by atoms with Gasteiger partial charge < -0.3 is 0 Å². The zero-order chi connectivity index (χ0) is 14.2. The standard InChI is InChI=1S/C18H20O2S/c19-21(20,14-4-2-1-3-5-14)16-10-13-9-15(16)18-12-7-6-11(8-12)17(13)18/h1-5,11-13,15-16H,6-10H2/t11-,12-,13-,15+,16+/m1/s1. The van der Waals surface area contributed by atoms with Crippen LogP contribution in [0.15, 0.2) is 46.4 Å². The summed E-state index contributed by atoms with van der Waals surface area (Å²) < 4.78 is 26.0. The number of fused-ring (bicyclic) bond motifs is 8. The number of sulfone groups is 1. The van der Waals surface area contributed by atoms with Crippen molar-refractivity contribution in [3.63, 3.8) is 0 Å². The van der Waals surface area contributed by atoms with E-state index in [0.717, 1.165) is 24.7 Å². The van der Waals surface area contributed by atoms with Crippen LogP contribution in [0, 0.1) is 23.7 Å². The molecule has 4 bridgehead atoms. The molecular formula is C18H20O2S. The molecule has 1 aromatic rings. The first kappa shape index (κ1) is 12.5. The first-order valence-corrected chi connectivity index (χ1v) is 9.73. The van der Waals surface area contributed by atoms with Gasteiger partial charge in [0.05, 0.1) is 10.1 Å². The van der Waals surface area contributed by atoms with Crippen LogP contribution in [-0.4, -0.2) is 13.7 Å². The molecule has 4 aliphatic carbocycles. The van der Waals surface area contributed by atoms with Gasteiger partial charge in [0, 0.05) is 0 Å². The largest absolute Gasteiger partial charge is 0.223 e. The summed E-state index contributed by atoms with van der Waals surface area (Å²) in [5, 5.41) is -0.150. The summed E-state index contributed by atoms with van der Waals surface area (Å²) in [5.41, 5.74) is 3.32. The van der Waals surface area contributed by atoms with E-state index in [0.29, 0.717) is 16.7 Å². The van der Waals surface area contributed by atoms with Crippen molar-refractivity contribution in [2.24, 2.45) is 23.7 Å². The minimum atomic E-state index is -3.16. The first-order chi connectivity index (χ1) is 10.2. The molecule has 0 amide bonds. The molecule has 0 aromatic heterocycles. The SMILES string of the molecule is O=S(=O)(c1ccccc1)[C@H]1C[C@H]2C[C@@H]1C1=C2[C@@H]2CC[C@@H]1C2. The van der Waals surface area contributed by atoms with E-state index >= 15 is 0 Å². The van der Waals surface area contributed by atoms with Gasteiger partial charge in [0.15, 0.2) is 9.84 Å². The van der Waals surface area contributed by atoms with Crippen LogP contribution in [-0.2, 0) is 9.84 Å². The number of hydrogen-bond acceptors (Lipinski definition) is 2. The van der Waals surface area contributed by atoms with Gasteiger partial charge in [-0.05, 0) is 67.9 Å². The molecule has 0 heterocycles. The lowest BCUT2D eigenvalue weighted by atomic mass is 9.82. The van der Waals surface area contributed by atoms with Crippen molar-refractivity contribution in [1.82, 2.24) is 0 Å². The van der Waals surface area contributed by atoms with Gasteiger partial charge in [-0.2, -0.15) is 0 Å². The van der Waals surface area contributed by atoms with Gasteiger partial charge in [0.1, 0.15) is 0 Å². The molecule has 2 saturated carbocycles. The molecule has 0 radical (unpaired) electrons. The van der Waals surface area contributed by atoms with Gasteiger partial charge in [0.25, 0.3) is 0 Å². The maximum atomic E-state index is 13.0. The van der Waals surface area contributed by atoms with Gasteiger partial charge in [-0.25, -0.2) is 8.42 Å². The Bertz CT molecular complexity index is 732. The van der Waals surface area contributed by atoms with Gasteiger partial charge in [-0.3, -0.25) is 0 Å². The fourth-order valence-electron chi connectivity index (χ4n) is 5.81. The number of allylic oxidation sites excluding steroid dienone is 2. The second-order valence-electron chi connectivity index (χ2n) is 7.29. The number of benzene rings is 1. The second kappa shape index (κ2) is 4.01. The third-order valence-corrected chi connectivity index (χ3v) is 8.71. The van der Waals surface area contributed by atoms with Crippen LogP contribution in [0.3, 0.4) is 0 Å². The highest BCUT2D eigenvalue weighted by molar-refractivity contribution is 7.92. The fraction of sp³-hybridized carbons (Fsp3) is 0.556. The lowest BCUT2D eigenvalue weighted by Gasteiger charge is -2.29. The molecule has 2 nitrogen and oxygen atoms in total. The van der Waals surface area contributed by atoms with E-state index in [1.807, 2.05) is 18.2 Å². The number of hydrogen-bond donors (Lipinski definition) is 0. The molecule has 0 aliphatic heterocycles. The Balaban J connectivity index is 1.56. The minimum Gasteiger partial charge on any atom is -0.223 e. The molecule has 0 unspecified atom stereocenters. The average Bonchev–Trinajstić information content (AvgIpc) is 3.26. The maximum absolute atomic E-state index is 13.0. The molecule has 3 heteroatoms. The molecule has 2 fully saturated rings. The van der Waals surface area contributed by atoms with Gasteiger partial charge in [-0.1, -0.05) is 29.3 Å². The Morgan fingerprint density at radius 1 is 0.810 bits per heavy atom. The molecule has 5 atom stereocenters. The lowest BCUT2D eigenvalue weighted by molar-refractivity contribution is 0.507.